The lowest BCUT2D eigenvalue weighted by Crippen LogP contribution is -2.24. The van der Waals surface area contributed by atoms with Crippen LogP contribution in [-0.4, -0.2) is 57.5 Å². The minimum absolute atomic E-state index is 0.0562. The zero-order valence-corrected chi connectivity index (χ0v) is 25.9. The van der Waals surface area contributed by atoms with Gasteiger partial charge in [0, 0.05) is 0 Å². The summed E-state index contributed by atoms with van der Waals surface area (Å²) >= 11 is 2.09. The Labute approximate surface area is 256 Å². The molecule has 0 atom stereocenters. The number of thioether (sulfide) groups is 1. The molecular formula is C29H31N5O7S2. The summed E-state index contributed by atoms with van der Waals surface area (Å²) in [6.45, 7) is 9.22. The number of esters is 2. The topological polar surface area (TPSA) is 155 Å². The van der Waals surface area contributed by atoms with Gasteiger partial charge in [-0.15, -0.1) is 21.5 Å². The van der Waals surface area contributed by atoms with Gasteiger partial charge >= 0.3 is 11.9 Å². The molecule has 2 amide bonds. The van der Waals surface area contributed by atoms with Gasteiger partial charge in [0.25, 0.3) is 5.91 Å². The maximum atomic E-state index is 13.1. The van der Waals surface area contributed by atoms with Gasteiger partial charge in [-0.05, 0) is 69.5 Å². The first kappa shape index (κ1) is 31.5. The van der Waals surface area contributed by atoms with Crippen LogP contribution in [0.4, 0.5) is 5.00 Å². The molecule has 0 radical (unpaired) electrons. The van der Waals surface area contributed by atoms with Crippen LogP contribution in [0.2, 0.25) is 0 Å². The second-order valence-corrected chi connectivity index (χ2v) is 11.2. The van der Waals surface area contributed by atoms with E-state index < -0.39 is 23.8 Å². The smallest absolute Gasteiger partial charge is 0.348 e. The van der Waals surface area contributed by atoms with Gasteiger partial charge in [0.2, 0.25) is 5.91 Å². The zero-order chi connectivity index (χ0) is 31.1. The normalized spacial score (nSPS) is 10.8. The molecule has 226 valence electrons. The van der Waals surface area contributed by atoms with Crippen LogP contribution in [-0.2, 0) is 20.8 Å². The SMILES string of the molecule is CCOC(=O)c1sc(NC(=O)CSc2nnc(CNC(=O)c3ccco3)n2-c2cc(C)ccc2C)c(C(=O)OCC)c1C. The Bertz CT molecular complexity index is 1640. The van der Waals surface area contributed by atoms with Crippen LogP contribution in [0.5, 0.6) is 0 Å². The molecule has 43 heavy (non-hydrogen) atoms. The van der Waals surface area contributed by atoms with Crippen molar-refractivity contribution in [2.24, 2.45) is 0 Å². The monoisotopic (exact) mass is 625 g/mol. The quantitative estimate of drug-likeness (QED) is 0.165. The number of ether oxygens (including phenoxy) is 2. The average Bonchev–Trinajstić information content (AvgIpc) is 3.72. The molecule has 12 nitrogen and oxygen atoms in total. The molecule has 0 saturated carbocycles. The van der Waals surface area contributed by atoms with E-state index in [0.717, 1.165) is 39.9 Å². The minimum atomic E-state index is -0.648. The first-order valence-corrected chi connectivity index (χ1v) is 15.2. The number of thiophene rings is 1. The number of nitrogens with zero attached hydrogens (tertiary/aromatic N) is 3. The number of hydrogen-bond acceptors (Lipinski definition) is 11. The van der Waals surface area contributed by atoms with Crippen LogP contribution < -0.4 is 10.6 Å². The van der Waals surface area contributed by atoms with E-state index in [0.29, 0.717) is 16.5 Å². The van der Waals surface area contributed by atoms with E-state index >= 15 is 0 Å². The number of amides is 2. The average molecular weight is 626 g/mol. The van der Waals surface area contributed by atoms with E-state index in [9.17, 15) is 19.2 Å². The number of carbonyl (C=O) groups excluding carboxylic acids is 4. The molecule has 3 aromatic heterocycles. The summed E-state index contributed by atoms with van der Waals surface area (Å²) in [5, 5.41) is 14.7. The predicted molar refractivity (Wildman–Crippen MR) is 161 cm³/mol. The van der Waals surface area contributed by atoms with E-state index in [4.69, 9.17) is 13.9 Å². The highest BCUT2D eigenvalue weighted by atomic mass is 32.2. The lowest BCUT2D eigenvalue weighted by Gasteiger charge is -2.14. The van der Waals surface area contributed by atoms with E-state index in [2.05, 4.69) is 20.8 Å². The highest BCUT2D eigenvalue weighted by Crippen LogP contribution is 2.35. The summed E-state index contributed by atoms with van der Waals surface area (Å²) in [7, 11) is 0. The molecule has 0 spiro atoms. The Morgan fingerprint density at radius 3 is 2.47 bits per heavy atom. The Hall–Kier alpha value is -4.43. The molecule has 0 unspecified atom stereocenters. The third kappa shape index (κ3) is 7.32. The summed E-state index contributed by atoms with van der Waals surface area (Å²) in [6.07, 6.45) is 1.41. The van der Waals surface area contributed by atoms with Gasteiger partial charge in [-0.25, -0.2) is 9.59 Å². The number of aromatic nitrogens is 3. The summed E-state index contributed by atoms with van der Waals surface area (Å²) in [5.74, 6) is -1.54. The maximum absolute atomic E-state index is 13.1. The largest absolute Gasteiger partial charge is 0.462 e. The van der Waals surface area contributed by atoms with Gasteiger partial charge in [-0.1, -0.05) is 23.9 Å². The second-order valence-electron chi connectivity index (χ2n) is 9.22. The highest BCUT2D eigenvalue weighted by molar-refractivity contribution is 7.99. The Morgan fingerprint density at radius 2 is 1.77 bits per heavy atom. The number of hydrogen-bond donors (Lipinski definition) is 2. The first-order valence-electron chi connectivity index (χ1n) is 13.4. The van der Waals surface area contributed by atoms with Crippen LogP contribution in [0.25, 0.3) is 5.69 Å². The molecular weight excluding hydrogens is 594 g/mol. The molecule has 1 aromatic carbocycles. The fourth-order valence-corrected chi connectivity index (χ4v) is 5.97. The molecule has 0 aliphatic rings. The molecule has 0 bridgehead atoms. The summed E-state index contributed by atoms with van der Waals surface area (Å²) in [4.78, 5) is 51.0. The van der Waals surface area contributed by atoms with Crippen molar-refractivity contribution < 1.29 is 33.1 Å². The van der Waals surface area contributed by atoms with Crippen molar-refractivity contribution in [2.45, 2.75) is 46.3 Å². The molecule has 0 saturated heterocycles. The number of benzene rings is 1. The molecule has 2 N–H and O–H groups in total. The number of aryl methyl sites for hydroxylation is 2. The van der Waals surface area contributed by atoms with Crippen molar-refractivity contribution in [2.75, 3.05) is 24.3 Å². The number of anilines is 1. The van der Waals surface area contributed by atoms with E-state index in [-0.39, 0.29) is 46.7 Å². The fourth-order valence-electron chi connectivity index (χ4n) is 4.10. The molecule has 14 heteroatoms. The van der Waals surface area contributed by atoms with Crippen LogP contribution >= 0.6 is 23.1 Å². The zero-order valence-electron chi connectivity index (χ0n) is 24.3. The van der Waals surface area contributed by atoms with Crippen LogP contribution in [0, 0.1) is 20.8 Å². The van der Waals surface area contributed by atoms with Crippen molar-refractivity contribution in [1.82, 2.24) is 20.1 Å². The van der Waals surface area contributed by atoms with Gasteiger partial charge in [0.1, 0.15) is 9.88 Å². The molecule has 0 aliphatic carbocycles. The second kappa shape index (κ2) is 14.2. The third-order valence-electron chi connectivity index (χ3n) is 6.13. The number of furan rings is 1. The molecule has 4 rings (SSSR count). The summed E-state index contributed by atoms with van der Waals surface area (Å²) in [5.41, 5.74) is 3.23. The van der Waals surface area contributed by atoms with Crippen molar-refractivity contribution >= 4 is 51.9 Å². The van der Waals surface area contributed by atoms with Crippen molar-refractivity contribution in [3.8, 4) is 5.69 Å². The van der Waals surface area contributed by atoms with Crippen molar-refractivity contribution in [3.63, 3.8) is 0 Å². The predicted octanol–water partition coefficient (Wildman–Crippen LogP) is 4.86. The van der Waals surface area contributed by atoms with Crippen LogP contribution in [0.3, 0.4) is 0 Å². The van der Waals surface area contributed by atoms with Gasteiger partial charge in [0.05, 0.1) is 43.0 Å². The first-order chi connectivity index (χ1) is 20.6. The van der Waals surface area contributed by atoms with Gasteiger partial charge in [-0.2, -0.15) is 0 Å². The summed E-state index contributed by atoms with van der Waals surface area (Å²) < 4.78 is 17.2. The number of carbonyl (C=O) groups is 4. The molecule has 4 aromatic rings. The molecule has 0 fully saturated rings. The van der Waals surface area contributed by atoms with Gasteiger partial charge in [-0.3, -0.25) is 14.2 Å². The van der Waals surface area contributed by atoms with Crippen LogP contribution in [0.1, 0.15) is 66.9 Å². The maximum Gasteiger partial charge on any atom is 0.348 e. The molecule has 3 heterocycles. The van der Waals surface area contributed by atoms with E-state index in [1.165, 1.54) is 6.26 Å². The van der Waals surface area contributed by atoms with E-state index in [1.807, 2.05) is 32.0 Å². The van der Waals surface area contributed by atoms with Crippen LogP contribution in [0.15, 0.2) is 46.2 Å². The molecule has 0 aliphatic heterocycles. The highest BCUT2D eigenvalue weighted by Gasteiger charge is 2.28. The van der Waals surface area contributed by atoms with E-state index in [1.54, 1.807) is 37.5 Å². The lowest BCUT2D eigenvalue weighted by atomic mass is 10.1. The Kier molecular flexibility index (Phi) is 10.4. The lowest BCUT2D eigenvalue weighted by molar-refractivity contribution is -0.113. The van der Waals surface area contributed by atoms with Gasteiger partial charge in [0.15, 0.2) is 16.7 Å². The Morgan fingerprint density at radius 1 is 1.02 bits per heavy atom. The fraction of sp³-hybridized carbons (Fsp3) is 0.310. The minimum Gasteiger partial charge on any atom is -0.462 e. The van der Waals surface area contributed by atoms with Crippen molar-refractivity contribution in [3.05, 3.63) is 75.3 Å². The van der Waals surface area contributed by atoms with Crippen molar-refractivity contribution in [1.29, 1.82) is 0 Å². The number of rotatable bonds is 12. The van der Waals surface area contributed by atoms with Gasteiger partial charge < -0.3 is 24.5 Å². The third-order valence-corrected chi connectivity index (χ3v) is 8.25. The Balaban J connectivity index is 1.57. The number of nitrogens with one attached hydrogen (secondary N) is 2. The summed E-state index contributed by atoms with van der Waals surface area (Å²) in [6, 6.07) is 9.10. The standard InChI is InChI=1S/C29H31N5O7S2/c1-6-39-27(37)23-18(5)24(28(38)40-7-2)43-26(23)31-22(35)15-42-29-33-32-21(14-30-25(36)20-9-8-12-41-20)34(29)19-13-16(3)10-11-17(19)4/h8-13H,6-7,14-15H2,1-5H3,(H,30,36)(H,31,35).